The molecular weight excluding hydrogens is 350 g/mol. The van der Waals surface area contributed by atoms with E-state index in [1.807, 2.05) is 36.4 Å². The highest BCUT2D eigenvalue weighted by Crippen LogP contribution is 2.18. The number of nitrogens with one attached hydrogen (secondary N) is 1. The second kappa shape index (κ2) is 9.12. The standard InChI is InChI=1S/C12H11NO2.C8H6O4/c1-15-13-12(14)11-8-4-6-9-5-2-3-7-10(9)11;9-7(10)5-2-1-3-6(4-5)8(11)12/h2-8H,1H3,(H,13,14);1-4H,(H,9,10)(H,11,12). The van der Waals surface area contributed by atoms with E-state index in [4.69, 9.17) is 10.2 Å². The number of benzene rings is 3. The first-order valence-corrected chi connectivity index (χ1v) is 7.81. The molecule has 27 heavy (non-hydrogen) atoms. The maximum Gasteiger partial charge on any atom is 0.335 e. The monoisotopic (exact) mass is 367 g/mol. The molecule has 3 aromatic rings. The van der Waals surface area contributed by atoms with Crippen LogP contribution in [-0.4, -0.2) is 35.2 Å². The van der Waals surface area contributed by atoms with Gasteiger partial charge in [-0.2, -0.15) is 0 Å². The third kappa shape index (κ3) is 5.13. The maximum atomic E-state index is 11.6. The number of aromatic carboxylic acids is 2. The molecule has 3 N–H and O–H groups in total. The topological polar surface area (TPSA) is 113 Å². The molecule has 0 aliphatic rings. The largest absolute Gasteiger partial charge is 0.478 e. The van der Waals surface area contributed by atoms with Gasteiger partial charge >= 0.3 is 11.9 Å². The minimum absolute atomic E-state index is 0.0186. The number of carboxylic acids is 2. The van der Waals surface area contributed by atoms with Crippen LogP contribution in [0.3, 0.4) is 0 Å². The van der Waals surface area contributed by atoms with Crippen LogP contribution in [0.2, 0.25) is 0 Å². The number of hydrogen-bond acceptors (Lipinski definition) is 4. The molecule has 0 bridgehead atoms. The van der Waals surface area contributed by atoms with Crippen molar-refractivity contribution in [3.8, 4) is 0 Å². The third-order valence-electron chi connectivity index (χ3n) is 3.59. The average molecular weight is 367 g/mol. The Hall–Kier alpha value is -3.71. The van der Waals surface area contributed by atoms with Crippen LogP contribution < -0.4 is 5.48 Å². The van der Waals surface area contributed by atoms with E-state index >= 15 is 0 Å². The van der Waals surface area contributed by atoms with E-state index in [-0.39, 0.29) is 17.0 Å². The van der Waals surface area contributed by atoms with Crippen LogP contribution in [-0.2, 0) is 4.84 Å². The molecule has 0 saturated heterocycles. The van der Waals surface area contributed by atoms with E-state index in [0.717, 1.165) is 16.8 Å². The average Bonchev–Trinajstić information content (AvgIpc) is 2.68. The fraction of sp³-hybridized carbons (Fsp3) is 0.0500. The van der Waals surface area contributed by atoms with E-state index in [9.17, 15) is 14.4 Å². The molecule has 0 aliphatic heterocycles. The summed E-state index contributed by atoms with van der Waals surface area (Å²) in [5, 5.41) is 19.0. The molecule has 0 fully saturated rings. The van der Waals surface area contributed by atoms with E-state index < -0.39 is 11.9 Å². The number of hydrogen-bond donors (Lipinski definition) is 3. The first-order chi connectivity index (χ1) is 12.9. The van der Waals surface area contributed by atoms with E-state index in [1.165, 1.54) is 25.3 Å². The summed E-state index contributed by atoms with van der Waals surface area (Å²) in [6.07, 6.45) is 0. The van der Waals surface area contributed by atoms with Crippen molar-refractivity contribution in [2.45, 2.75) is 0 Å². The molecule has 1 amide bonds. The first-order valence-electron chi connectivity index (χ1n) is 7.81. The molecule has 138 valence electrons. The summed E-state index contributed by atoms with van der Waals surface area (Å²) in [5.74, 6) is -2.48. The van der Waals surface area contributed by atoms with Gasteiger partial charge in [-0.25, -0.2) is 15.1 Å². The van der Waals surface area contributed by atoms with Gasteiger partial charge in [0, 0.05) is 5.56 Å². The molecule has 7 heteroatoms. The Morgan fingerprint density at radius 2 is 1.37 bits per heavy atom. The minimum atomic E-state index is -1.13. The molecular formula is C20H17NO6. The molecule has 0 radical (unpaired) electrons. The molecule has 3 aromatic carbocycles. The van der Waals surface area contributed by atoms with Crippen molar-refractivity contribution in [1.82, 2.24) is 5.48 Å². The summed E-state index contributed by atoms with van der Waals surface area (Å²) in [6.45, 7) is 0. The molecule has 0 spiro atoms. The molecule has 0 aliphatic carbocycles. The summed E-state index contributed by atoms with van der Waals surface area (Å²) < 4.78 is 0. The summed E-state index contributed by atoms with van der Waals surface area (Å²) in [6, 6.07) is 18.5. The van der Waals surface area contributed by atoms with Gasteiger partial charge in [-0.3, -0.25) is 9.63 Å². The van der Waals surface area contributed by atoms with Crippen molar-refractivity contribution >= 4 is 28.6 Å². The Morgan fingerprint density at radius 3 is 1.96 bits per heavy atom. The molecule has 0 unspecified atom stereocenters. The van der Waals surface area contributed by atoms with E-state index in [2.05, 4.69) is 10.3 Å². The van der Waals surface area contributed by atoms with Gasteiger partial charge < -0.3 is 10.2 Å². The zero-order valence-electron chi connectivity index (χ0n) is 14.4. The van der Waals surface area contributed by atoms with E-state index in [1.54, 1.807) is 6.07 Å². The molecule has 3 rings (SSSR count). The number of fused-ring (bicyclic) bond motifs is 1. The van der Waals surface area contributed by atoms with Gasteiger partial charge in [0.15, 0.2) is 0 Å². The lowest BCUT2D eigenvalue weighted by Gasteiger charge is -2.05. The number of rotatable bonds is 4. The quantitative estimate of drug-likeness (QED) is 0.610. The SMILES string of the molecule is CONC(=O)c1cccc2ccccc12.O=C(O)c1cccc(C(=O)O)c1. The van der Waals surface area contributed by atoms with Crippen molar-refractivity contribution in [2.75, 3.05) is 7.11 Å². The Morgan fingerprint density at radius 1 is 0.815 bits per heavy atom. The van der Waals surface area contributed by atoms with Crippen molar-refractivity contribution < 1.29 is 29.4 Å². The predicted octanol–water partition coefficient (Wildman–Crippen LogP) is 3.21. The molecule has 0 atom stereocenters. The van der Waals surface area contributed by atoms with Crippen LogP contribution in [0.1, 0.15) is 31.1 Å². The summed E-state index contributed by atoms with van der Waals surface area (Å²) in [5.41, 5.74) is 2.90. The van der Waals surface area contributed by atoms with Crippen LogP contribution in [0.15, 0.2) is 66.7 Å². The van der Waals surface area contributed by atoms with Crippen molar-refractivity contribution in [3.05, 3.63) is 83.4 Å². The summed E-state index contributed by atoms with van der Waals surface area (Å²) in [4.78, 5) is 37.0. The Kier molecular flexibility index (Phi) is 6.62. The van der Waals surface area contributed by atoms with Crippen molar-refractivity contribution in [3.63, 3.8) is 0 Å². The van der Waals surface area contributed by atoms with Gasteiger partial charge in [0.2, 0.25) is 0 Å². The Balaban J connectivity index is 0.000000199. The highest BCUT2D eigenvalue weighted by Gasteiger charge is 2.08. The van der Waals surface area contributed by atoms with Crippen molar-refractivity contribution in [1.29, 1.82) is 0 Å². The second-order valence-corrected chi connectivity index (χ2v) is 5.35. The zero-order valence-corrected chi connectivity index (χ0v) is 14.4. The maximum absolute atomic E-state index is 11.6. The third-order valence-corrected chi connectivity index (χ3v) is 3.59. The number of amides is 1. The fourth-order valence-corrected chi connectivity index (χ4v) is 2.36. The van der Waals surface area contributed by atoms with E-state index in [0.29, 0.717) is 5.56 Å². The number of hydroxylamine groups is 1. The van der Waals surface area contributed by atoms with Gasteiger partial charge in [-0.1, -0.05) is 42.5 Å². The van der Waals surface area contributed by atoms with Crippen LogP contribution in [0, 0.1) is 0 Å². The second-order valence-electron chi connectivity index (χ2n) is 5.35. The molecule has 7 nitrogen and oxygen atoms in total. The van der Waals surface area contributed by atoms with Gasteiger partial charge in [0.05, 0.1) is 18.2 Å². The van der Waals surface area contributed by atoms with Crippen LogP contribution in [0.4, 0.5) is 0 Å². The number of carboxylic acid groups (broad SMARTS) is 2. The molecule has 0 aromatic heterocycles. The highest BCUT2D eigenvalue weighted by atomic mass is 16.6. The lowest BCUT2D eigenvalue weighted by molar-refractivity contribution is 0.0539. The first kappa shape index (κ1) is 19.6. The smallest absolute Gasteiger partial charge is 0.335 e. The summed E-state index contributed by atoms with van der Waals surface area (Å²) >= 11 is 0. The lowest BCUT2D eigenvalue weighted by Crippen LogP contribution is -2.21. The molecule has 0 heterocycles. The Bertz CT molecular complexity index is 948. The van der Waals surface area contributed by atoms with Crippen molar-refractivity contribution in [2.24, 2.45) is 0 Å². The minimum Gasteiger partial charge on any atom is -0.478 e. The van der Waals surface area contributed by atoms with Crippen LogP contribution in [0.25, 0.3) is 10.8 Å². The van der Waals surface area contributed by atoms with Gasteiger partial charge in [-0.05, 0) is 35.0 Å². The fourth-order valence-electron chi connectivity index (χ4n) is 2.36. The predicted molar refractivity (Wildman–Crippen MR) is 98.8 cm³/mol. The van der Waals surface area contributed by atoms with Crippen LogP contribution in [0.5, 0.6) is 0 Å². The normalized spacial score (nSPS) is 9.81. The van der Waals surface area contributed by atoms with Gasteiger partial charge in [0.1, 0.15) is 0 Å². The number of carbonyl (C=O) groups excluding carboxylic acids is 1. The highest BCUT2D eigenvalue weighted by molar-refractivity contribution is 6.06. The number of carbonyl (C=O) groups is 3. The van der Waals surface area contributed by atoms with Crippen LogP contribution >= 0.6 is 0 Å². The van der Waals surface area contributed by atoms with Gasteiger partial charge in [0.25, 0.3) is 5.91 Å². The summed E-state index contributed by atoms with van der Waals surface area (Å²) in [7, 11) is 1.42. The lowest BCUT2D eigenvalue weighted by atomic mass is 10.0. The van der Waals surface area contributed by atoms with Gasteiger partial charge in [-0.15, -0.1) is 0 Å². The Labute approximate surface area is 154 Å². The zero-order chi connectivity index (χ0) is 19.8. The molecule has 0 saturated carbocycles.